The zero-order chi connectivity index (χ0) is 22.2. The Bertz CT molecular complexity index is 1010. The number of carboxylic acids is 1. The Morgan fingerprint density at radius 3 is 2.39 bits per heavy atom. The molecule has 0 saturated carbocycles. The van der Waals surface area contributed by atoms with Crippen molar-refractivity contribution >= 4 is 17.6 Å². The molecule has 0 saturated heterocycles. The first kappa shape index (κ1) is 22.0. The molecule has 0 aliphatic carbocycles. The highest BCUT2D eigenvalue weighted by molar-refractivity contribution is 5.94. The number of hydrogen-bond donors (Lipinski definition) is 3. The van der Waals surface area contributed by atoms with Gasteiger partial charge in [-0.15, -0.1) is 5.10 Å². The van der Waals surface area contributed by atoms with Crippen molar-refractivity contribution in [3.63, 3.8) is 0 Å². The quantitative estimate of drug-likeness (QED) is 0.460. The number of carbonyl (C=O) groups is 2. The molecule has 8 heteroatoms. The van der Waals surface area contributed by atoms with E-state index in [1.807, 2.05) is 49.5 Å². The van der Waals surface area contributed by atoms with Crippen LogP contribution in [0.5, 0.6) is 0 Å². The van der Waals surface area contributed by atoms with Gasteiger partial charge in [0.25, 0.3) is 5.91 Å². The molecule has 0 aliphatic rings. The maximum atomic E-state index is 12.1. The highest BCUT2D eigenvalue weighted by Crippen LogP contribution is 2.25. The van der Waals surface area contributed by atoms with Crippen molar-refractivity contribution in [3.05, 3.63) is 71.5 Å². The predicted octanol–water partition coefficient (Wildman–Crippen LogP) is 3.73. The summed E-state index contributed by atoms with van der Waals surface area (Å²) in [5.41, 5.74) is 4.40. The van der Waals surface area contributed by atoms with E-state index in [9.17, 15) is 9.59 Å². The van der Waals surface area contributed by atoms with Gasteiger partial charge >= 0.3 is 5.97 Å². The molecule has 0 radical (unpaired) electrons. The number of rotatable bonds is 10. The molecule has 1 atom stereocenters. The molecule has 0 fully saturated rings. The number of aromatic nitrogens is 3. The maximum absolute atomic E-state index is 12.1. The summed E-state index contributed by atoms with van der Waals surface area (Å²) >= 11 is 0. The Hall–Kier alpha value is -3.68. The Morgan fingerprint density at radius 1 is 1.10 bits per heavy atom. The second-order valence-corrected chi connectivity index (χ2v) is 7.36. The SMILES string of the molecule is CCCC(Nc1ccc(-n2cc(C)nn2)cc1)c1ccc(C(=O)NCCC(=O)O)cc1. The standard InChI is InChI=1S/C23H27N5O3/c1-3-4-21(17-5-7-18(8-6-17)23(31)24-14-13-22(29)30)25-19-9-11-20(12-10-19)28-15-16(2)26-27-28/h5-12,15,21,25H,3-4,13-14H2,1-2H3,(H,24,31)(H,29,30). The van der Waals surface area contributed by atoms with Gasteiger partial charge in [-0.1, -0.05) is 30.7 Å². The van der Waals surface area contributed by atoms with E-state index in [1.165, 1.54) is 0 Å². The summed E-state index contributed by atoms with van der Waals surface area (Å²) in [5, 5.41) is 23.0. The molecule has 1 amide bonds. The average molecular weight is 422 g/mol. The number of hydrogen-bond acceptors (Lipinski definition) is 5. The van der Waals surface area contributed by atoms with Gasteiger partial charge in [-0.3, -0.25) is 9.59 Å². The van der Waals surface area contributed by atoms with Crippen LogP contribution >= 0.6 is 0 Å². The Morgan fingerprint density at radius 2 is 1.81 bits per heavy atom. The van der Waals surface area contributed by atoms with Crippen LogP contribution in [0, 0.1) is 6.92 Å². The van der Waals surface area contributed by atoms with Gasteiger partial charge in [0.15, 0.2) is 0 Å². The Labute approximate surface area is 181 Å². The van der Waals surface area contributed by atoms with E-state index in [-0.39, 0.29) is 24.9 Å². The molecule has 0 aliphatic heterocycles. The van der Waals surface area contributed by atoms with Crippen molar-refractivity contribution in [1.29, 1.82) is 0 Å². The molecule has 0 spiro atoms. The van der Waals surface area contributed by atoms with Gasteiger partial charge in [0.05, 0.1) is 30.0 Å². The lowest BCUT2D eigenvalue weighted by Crippen LogP contribution is -2.26. The van der Waals surface area contributed by atoms with E-state index in [1.54, 1.807) is 16.8 Å². The lowest BCUT2D eigenvalue weighted by molar-refractivity contribution is -0.136. The van der Waals surface area contributed by atoms with E-state index in [2.05, 4.69) is 27.9 Å². The molecule has 3 aromatic rings. The van der Waals surface area contributed by atoms with Crippen molar-refractivity contribution in [2.75, 3.05) is 11.9 Å². The third kappa shape index (κ3) is 6.15. The molecule has 8 nitrogen and oxygen atoms in total. The number of anilines is 1. The first-order valence-electron chi connectivity index (χ1n) is 10.3. The van der Waals surface area contributed by atoms with Gasteiger partial charge in [-0.05, 0) is 55.3 Å². The van der Waals surface area contributed by atoms with Crippen LogP contribution in [0.3, 0.4) is 0 Å². The number of nitrogens with one attached hydrogen (secondary N) is 2. The topological polar surface area (TPSA) is 109 Å². The zero-order valence-corrected chi connectivity index (χ0v) is 17.7. The molecule has 31 heavy (non-hydrogen) atoms. The molecule has 1 aromatic heterocycles. The molecule has 0 bridgehead atoms. The average Bonchev–Trinajstić information content (AvgIpc) is 3.20. The van der Waals surface area contributed by atoms with E-state index < -0.39 is 5.97 Å². The first-order chi connectivity index (χ1) is 15.0. The van der Waals surface area contributed by atoms with Crippen LogP contribution in [0.1, 0.15) is 53.8 Å². The number of aliphatic carboxylic acids is 1. The largest absolute Gasteiger partial charge is 0.481 e. The summed E-state index contributed by atoms with van der Waals surface area (Å²) in [6.45, 7) is 4.15. The molecule has 3 rings (SSSR count). The van der Waals surface area contributed by atoms with Crippen LogP contribution in [0.4, 0.5) is 5.69 Å². The summed E-state index contributed by atoms with van der Waals surface area (Å²) < 4.78 is 1.74. The van der Waals surface area contributed by atoms with Gasteiger partial charge in [0, 0.05) is 17.8 Å². The second-order valence-electron chi connectivity index (χ2n) is 7.36. The van der Waals surface area contributed by atoms with Gasteiger partial charge in [0.1, 0.15) is 0 Å². The minimum Gasteiger partial charge on any atom is -0.481 e. The number of amides is 1. The van der Waals surface area contributed by atoms with Gasteiger partial charge < -0.3 is 15.7 Å². The second kappa shape index (κ2) is 10.4. The molecule has 1 heterocycles. The first-order valence-corrected chi connectivity index (χ1v) is 10.3. The summed E-state index contributed by atoms with van der Waals surface area (Å²) in [4.78, 5) is 22.7. The van der Waals surface area contributed by atoms with Crippen molar-refractivity contribution in [2.24, 2.45) is 0 Å². The minimum atomic E-state index is -0.937. The van der Waals surface area contributed by atoms with Gasteiger partial charge in [0.2, 0.25) is 0 Å². The fourth-order valence-electron chi connectivity index (χ4n) is 3.25. The highest BCUT2D eigenvalue weighted by Gasteiger charge is 2.13. The number of aryl methyl sites for hydroxylation is 1. The summed E-state index contributed by atoms with van der Waals surface area (Å²) in [5.74, 6) is -1.21. The molecule has 2 aromatic carbocycles. The summed E-state index contributed by atoms with van der Waals surface area (Å²) in [6, 6.07) is 15.5. The molecule has 1 unspecified atom stereocenters. The molecular formula is C23H27N5O3. The van der Waals surface area contributed by atoms with Crippen molar-refractivity contribution in [2.45, 2.75) is 39.2 Å². The Balaban J connectivity index is 1.66. The van der Waals surface area contributed by atoms with Crippen molar-refractivity contribution < 1.29 is 14.7 Å². The normalized spacial score (nSPS) is 11.7. The van der Waals surface area contributed by atoms with Crippen LogP contribution in [0.15, 0.2) is 54.7 Å². The van der Waals surface area contributed by atoms with Gasteiger partial charge in [-0.2, -0.15) is 0 Å². The third-order valence-corrected chi connectivity index (χ3v) is 4.86. The monoisotopic (exact) mass is 421 g/mol. The lowest BCUT2D eigenvalue weighted by atomic mass is 10.00. The van der Waals surface area contributed by atoms with Crippen LogP contribution < -0.4 is 10.6 Å². The number of nitrogens with zero attached hydrogens (tertiary/aromatic N) is 3. The zero-order valence-electron chi connectivity index (χ0n) is 17.7. The van der Waals surface area contributed by atoms with Crippen LogP contribution in [0.2, 0.25) is 0 Å². The summed E-state index contributed by atoms with van der Waals surface area (Å²) in [6.07, 6.45) is 3.73. The van der Waals surface area contributed by atoms with Crippen molar-refractivity contribution in [3.8, 4) is 5.69 Å². The van der Waals surface area contributed by atoms with E-state index in [0.717, 1.165) is 35.5 Å². The molecule has 3 N–H and O–H groups in total. The smallest absolute Gasteiger partial charge is 0.305 e. The third-order valence-electron chi connectivity index (χ3n) is 4.86. The molecule has 162 valence electrons. The van der Waals surface area contributed by atoms with Crippen molar-refractivity contribution in [1.82, 2.24) is 20.3 Å². The van der Waals surface area contributed by atoms with E-state index in [4.69, 9.17) is 5.11 Å². The fourth-order valence-corrected chi connectivity index (χ4v) is 3.25. The minimum absolute atomic E-state index is 0.0956. The number of benzene rings is 2. The molecular weight excluding hydrogens is 394 g/mol. The maximum Gasteiger partial charge on any atom is 0.305 e. The lowest BCUT2D eigenvalue weighted by Gasteiger charge is -2.20. The number of carbonyl (C=O) groups excluding carboxylic acids is 1. The van der Waals surface area contributed by atoms with Gasteiger partial charge in [-0.25, -0.2) is 4.68 Å². The predicted molar refractivity (Wildman–Crippen MR) is 118 cm³/mol. The van der Waals surface area contributed by atoms with E-state index in [0.29, 0.717) is 5.56 Å². The summed E-state index contributed by atoms with van der Waals surface area (Å²) in [7, 11) is 0. The van der Waals surface area contributed by atoms with Crippen LogP contribution in [-0.2, 0) is 4.79 Å². The highest BCUT2D eigenvalue weighted by atomic mass is 16.4. The van der Waals surface area contributed by atoms with Crippen LogP contribution in [-0.4, -0.2) is 38.5 Å². The fraction of sp³-hybridized carbons (Fsp3) is 0.304. The Kier molecular flexibility index (Phi) is 7.37. The van der Waals surface area contributed by atoms with E-state index >= 15 is 0 Å². The van der Waals surface area contributed by atoms with Crippen LogP contribution in [0.25, 0.3) is 5.69 Å². The number of carboxylic acid groups (broad SMARTS) is 1.